The minimum atomic E-state index is -1.50. The highest BCUT2D eigenvalue weighted by Crippen LogP contribution is 2.25. The van der Waals surface area contributed by atoms with E-state index in [1.165, 1.54) is 39.2 Å². The fourth-order valence-electron chi connectivity index (χ4n) is 2.46. The third-order valence-electron chi connectivity index (χ3n) is 4.20. The number of ether oxygens (including phenoxy) is 2. The van der Waals surface area contributed by atoms with Crippen molar-refractivity contribution < 1.29 is 24.5 Å². The van der Waals surface area contributed by atoms with Crippen LogP contribution in [0.25, 0.3) is 0 Å². The van der Waals surface area contributed by atoms with Crippen LogP contribution in [0.1, 0.15) is 65.2 Å². The summed E-state index contributed by atoms with van der Waals surface area (Å²) in [5.74, 6) is -1.30. The average Bonchev–Trinajstić information content (AvgIpc) is 2.67. The molecule has 0 spiro atoms. The van der Waals surface area contributed by atoms with E-state index in [4.69, 9.17) is 4.74 Å². The number of carbonyl (C=O) groups excluding carboxylic acids is 1. The molecule has 0 bridgehead atoms. The summed E-state index contributed by atoms with van der Waals surface area (Å²) in [5, 5.41) is 20.3. The molecule has 1 aromatic rings. The van der Waals surface area contributed by atoms with Gasteiger partial charge in [-0.2, -0.15) is 0 Å². The second-order valence-corrected chi connectivity index (χ2v) is 6.53. The number of rotatable bonds is 12. The van der Waals surface area contributed by atoms with Gasteiger partial charge in [0.2, 0.25) is 5.79 Å². The molecule has 2 unspecified atom stereocenters. The fraction of sp³-hybridized carbons (Fsp3) is 0.591. The summed E-state index contributed by atoms with van der Waals surface area (Å²) >= 11 is 0. The van der Waals surface area contributed by atoms with E-state index in [1.54, 1.807) is 19.1 Å². The number of aliphatic hydroxyl groups is 2. The molecule has 0 radical (unpaired) electrons. The zero-order valence-corrected chi connectivity index (χ0v) is 17.0. The summed E-state index contributed by atoms with van der Waals surface area (Å²) < 4.78 is 9.76. The number of para-hydroxylation sites is 1. The Hall–Kier alpha value is -1.85. The van der Waals surface area contributed by atoms with Crippen LogP contribution < -0.4 is 4.74 Å². The van der Waals surface area contributed by atoms with Gasteiger partial charge in [-0.15, -0.1) is 0 Å². The Balaban J connectivity index is 0.000000972. The lowest BCUT2D eigenvalue weighted by Gasteiger charge is -2.31. The first-order valence-corrected chi connectivity index (χ1v) is 9.74. The van der Waals surface area contributed by atoms with Crippen molar-refractivity contribution in [2.24, 2.45) is 0 Å². The lowest BCUT2D eigenvalue weighted by atomic mass is 10.0. The molecular weight excluding hydrogens is 344 g/mol. The van der Waals surface area contributed by atoms with Gasteiger partial charge in [-0.1, -0.05) is 70.2 Å². The van der Waals surface area contributed by atoms with Crippen molar-refractivity contribution in [2.45, 2.75) is 77.1 Å². The molecule has 0 aromatic heterocycles. The van der Waals surface area contributed by atoms with Crippen molar-refractivity contribution in [3.8, 4) is 5.75 Å². The average molecular weight is 381 g/mol. The molecule has 5 nitrogen and oxygen atoms in total. The lowest BCUT2D eigenvalue weighted by molar-refractivity contribution is -0.204. The zero-order valence-electron chi connectivity index (χ0n) is 17.0. The minimum Gasteiger partial charge on any atom is -0.466 e. The quantitative estimate of drug-likeness (QED) is 0.239. The molecule has 0 aliphatic rings. The van der Waals surface area contributed by atoms with E-state index in [0.717, 1.165) is 18.9 Å². The second-order valence-electron chi connectivity index (χ2n) is 6.53. The largest absolute Gasteiger partial charge is 0.466 e. The summed E-state index contributed by atoms with van der Waals surface area (Å²) in [5.41, 5.74) is 0. The topological polar surface area (TPSA) is 76.0 Å². The van der Waals surface area contributed by atoms with E-state index in [1.807, 2.05) is 18.2 Å². The summed E-state index contributed by atoms with van der Waals surface area (Å²) in [6, 6.07) is 9.18. The SMILES string of the molecule is C=CC(=O)OC.CCCCCCCCCC(O)(Oc1ccccc1)C(C)O. The second kappa shape index (κ2) is 15.2. The molecule has 2 atom stereocenters. The summed E-state index contributed by atoms with van der Waals surface area (Å²) in [4.78, 5) is 9.84. The maximum Gasteiger partial charge on any atom is 0.329 e. The van der Waals surface area contributed by atoms with E-state index in [0.29, 0.717) is 12.2 Å². The van der Waals surface area contributed by atoms with Crippen LogP contribution in [-0.4, -0.2) is 35.2 Å². The molecule has 27 heavy (non-hydrogen) atoms. The van der Waals surface area contributed by atoms with Gasteiger partial charge in [0.1, 0.15) is 11.9 Å². The normalized spacial score (nSPS) is 13.5. The third kappa shape index (κ3) is 12.2. The predicted molar refractivity (Wildman–Crippen MR) is 109 cm³/mol. The minimum absolute atomic E-state index is 0.394. The van der Waals surface area contributed by atoms with E-state index in [9.17, 15) is 15.0 Å². The third-order valence-corrected chi connectivity index (χ3v) is 4.20. The number of esters is 1. The summed E-state index contributed by atoms with van der Waals surface area (Å²) in [7, 11) is 1.31. The van der Waals surface area contributed by atoms with Gasteiger partial charge in [0.05, 0.1) is 7.11 Å². The Morgan fingerprint density at radius 2 is 1.70 bits per heavy atom. The van der Waals surface area contributed by atoms with Crippen molar-refractivity contribution in [1.82, 2.24) is 0 Å². The molecule has 0 fully saturated rings. The highest BCUT2D eigenvalue weighted by Gasteiger charge is 2.34. The van der Waals surface area contributed by atoms with Gasteiger partial charge < -0.3 is 19.7 Å². The van der Waals surface area contributed by atoms with Crippen LogP contribution in [0.15, 0.2) is 43.0 Å². The standard InChI is InChI=1S/C18H30O3.C4H6O2/c1-3-4-5-6-7-8-12-15-18(20,16(2)19)21-17-13-10-9-11-14-17;1-3-4(5)6-2/h9-11,13-14,16,19-20H,3-8,12,15H2,1-2H3;3H,1H2,2H3. The first-order chi connectivity index (χ1) is 12.9. The lowest BCUT2D eigenvalue weighted by Crippen LogP contribution is -2.46. The van der Waals surface area contributed by atoms with Crippen LogP contribution in [-0.2, 0) is 9.53 Å². The van der Waals surface area contributed by atoms with Gasteiger partial charge in [-0.05, 0) is 25.5 Å². The number of aliphatic hydroxyl groups excluding tert-OH is 1. The van der Waals surface area contributed by atoms with Gasteiger partial charge in [0.25, 0.3) is 0 Å². The highest BCUT2D eigenvalue weighted by atomic mass is 16.6. The molecule has 0 amide bonds. The molecule has 154 valence electrons. The Morgan fingerprint density at radius 3 is 2.15 bits per heavy atom. The molecule has 0 aliphatic heterocycles. The van der Waals surface area contributed by atoms with Gasteiger partial charge in [-0.25, -0.2) is 4.79 Å². The molecular formula is C22H36O5. The molecule has 5 heteroatoms. The molecule has 0 heterocycles. The Labute approximate surface area is 164 Å². The van der Waals surface area contributed by atoms with Crippen molar-refractivity contribution in [1.29, 1.82) is 0 Å². The van der Waals surface area contributed by atoms with Gasteiger partial charge >= 0.3 is 5.97 Å². The number of methoxy groups -OCH3 is 1. The molecule has 2 N–H and O–H groups in total. The van der Waals surface area contributed by atoms with E-state index in [-0.39, 0.29) is 0 Å². The predicted octanol–water partition coefficient (Wildman–Crippen LogP) is 4.62. The smallest absolute Gasteiger partial charge is 0.329 e. The van der Waals surface area contributed by atoms with Gasteiger partial charge in [0.15, 0.2) is 0 Å². The van der Waals surface area contributed by atoms with Crippen LogP contribution in [0.3, 0.4) is 0 Å². The summed E-state index contributed by atoms with van der Waals surface area (Å²) in [6.45, 7) is 6.94. The number of hydrogen-bond acceptors (Lipinski definition) is 5. The summed E-state index contributed by atoms with van der Waals surface area (Å²) in [6.07, 6.45) is 8.85. The van der Waals surface area contributed by atoms with Crippen LogP contribution in [0.2, 0.25) is 0 Å². The molecule has 0 saturated carbocycles. The number of benzene rings is 1. The maximum atomic E-state index is 10.5. The van der Waals surface area contributed by atoms with Gasteiger partial charge in [0, 0.05) is 12.5 Å². The molecule has 0 aliphatic carbocycles. The van der Waals surface area contributed by atoms with Crippen molar-refractivity contribution in [2.75, 3.05) is 7.11 Å². The zero-order chi connectivity index (χ0) is 20.5. The van der Waals surface area contributed by atoms with E-state index >= 15 is 0 Å². The Morgan fingerprint density at radius 1 is 1.15 bits per heavy atom. The molecule has 1 rings (SSSR count). The number of unbranched alkanes of at least 4 members (excludes halogenated alkanes) is 6. The fourth-order valence-corrected chi connectivity index (χ4v) is 2.46. The van der Waals surface area contributed by atoms with Crippen LogP contribution in [0.4, 0.5) is 0 Å². The first-order valence-electron chi connectivity index (χ1n) is 9.74. The monoisotopic (exact) mass is 380 g/mol. The maximum absolute atomic E-state index is 10.5. The first kappa shape index (κ1) is 25.1. The van der Waals surface area contributed by atoms with Gasteiger partial charge in [-0.3, -0.25) is 0 Å². The van der Waals surface area contributed by atoms with Crippen LogP contribution >= 0.6 is 0 Å². The van der Waals surface area contributed by atoms with E-state index in [2.05, 4.69) is 18.2 Å². The van der Waals surface area contributed by atoms with Crippen molar-refractivity contribution >= 4 is 5.97 Å². The van der Waals surface area contributed by atoms with Crippen LogP contribution in [0, 0.1) is 0 Å². The van der Waals surface area contributed by atoms with Crippen molar-refractivity contribution in [3.63, 3.8) is 0 Å². The number of carbonyl (C=O) groups is 1. The van der Waals surface area contributed by atoms with Crippen LogP contribution in [0.5, 0.6) is 5.75 Å². The molecule has 1 aromatic carbocycles. The van der Waals surface area contributed by atoms with Crippen molar-refractivity contribution in [3.05, 3.63) is 43.0 Å². The highest BCUT2D eigenvalue weighted by molar-refractivity contribution is 5.80. The van der Waals surface area contributed by atoms with E-state index < -0.39 is 17.9 Å². The molecule has 0 saturated heterocycles. The number of hydrogen-bond donors (Lipinski definition) is 2. The Kier molecular flexibility index (Phi) is 14.2. The Bertz CT molecular complexity index is 501.